The zero-order chi connectivity index (χ0) is 13.3. The molecule has 1 aromatic rings. The van der Waals surface area contributed by atoms with Gasteiger partial charge < -0.3 is 15.4 Å². The molecule has 1 aromatic heterocycles. The zero-order valence-corrected chi connectivity index (χ0v) is 11.8. The van der Waals surface area contributed by atoms with Crippen LogP contribution in [0.4, 0.5) is 10.8 Å². The van der Waals surface area contributed by atoms with Gasteiger partial charge in [-0.1, -0.05) is 6.92 Å². The Balaban J connectivity index is 2.35. The van der Waals surface area contributed by atoms with Crippen LogP contribution in [0.1, 0.15) is 37.0 Å². The van der Waals surface area contributed by atoms with Crippen LogP contribution in [0.15, 0.2) is 0 Å². The van der Waals surface area contributed by atoms with Crippen LogP contribution >= 0.6 is 11.5 Å². The van der Waals surface area contributed by atoms with E-state index in [0.29, 0.717) is 17.5 Å². The summed E-state index contributed by atoms with van der Waals surface area (Å²) in [5.74, 6) is 0.490. The molecule has 100 valence electrons. The first-order valence-corrected chi connectivity index (χ1v) is 6.92. The maximum Gasteiger partial charge on any atom is 0.344 e. The van der Waals surface area contributed by atoms with Crippen molar-refractivity contribution in [1.29, 1.82) is 0 Å². The van der Waals surface area contributed by atoms with Crippen molar-refractivity contribution in [3.8, 4) is 0 Å². The topological polar surface area (TPSA) is 68.5 Å². The molecular formula is C12H19N3O2S. The molecule has 2 atom stereocenters. The summed E-state index contributed by atoms with van der Waals surface area (Å²) < 4.78 is 8.89. The first-order chi connectivity index (χ1) is 8.54. The van der Waals surface area contributed by atoms with Crippen molar-refractivity contribution in [2.24, 2.45) is 5.92 Å². The van der Waals surface area contributed by atoms with Gasteiger partial charge in [-0.05, 0) is 37.2 Å². The summed E-state index contributed by atoms with van der Waals surface area (Å²) in [5, 5.41) is 0.846. The number of rotatable bonds is 2. The van der Waals surface area contributed by atoms with Gasteiger partial charge in [0.25, 0.3) is 0 Å². The van der Waals surface area contributed by atoms with E-state index in [2.05, 4.69) is 23.1 Å². The molecule has 2 heterocycles. The maximum atomic E-state index is 11.8. The largest absolute Gasteiger partial charge is 0.465 e. The monoisotopic (exact) mass is 269 g/mol. The van der Waals surface area contributed by atoms with Gasteiger partial charge in [0.1, 0.15) is 10.6 Å². The number of nitrogens with two attached hydrogens (primary N) is 1. The molecule has 2 rings (SSSR count). The smallest absolute Gasteiger partial charge is 0.344 e. The molecule has 0 amide bonds. The molecule has 0 aliphatic carbocycles. The van der Waals surface area contributed by atoms with Crippen LogP contribution in [0.2, 0.25) is 0 Å². The van der Waals surface area contributed by atoms with E-state index in [1.54, 1.807) is 0 Å². The lowest BCUT2D eigenvalue weighted by atomic mass is 9.95. The normalized spacial score (nSPS) is 24.1. The van der Waals surface area contributed by atoms with E-state index in [9.17, 15) is 4.79 Å². The Bertz CT molecular complexity index is 447. The third-order valence-electron chi connectivity index (χ3n) is 3.47. The average Bonchev–Trinajstić information content (AvgIpc) is 2.73. The lowest BCUT2D eigenvalue weighted by Crippen LogP contribution is -2.41. The second-order valence-corrected chi connectivity index (χ2v) is 5.68. The third-order valence-corrected chi connectivity index (χ3v) is 4.37. The predicted molar refractivity (Wildman–Crippen MR) is 73.1 cm³/mol. The summed E-state index contributed by atoms with van der Waals surface area (Å²) in [4.78, 5) is 14.0. The van der Waals surface area contributed by atoms with Crippen LogP contribution in [0.3, 0.4) is 0 Å². The number of ether oxygens (including phenoxy) is 1. The van der Waals surface area contributed by atoms with Gasteiger partial charge in [0.2, 0.25) is 0 Å². The van der Waals surface area contributed by atoms with E-state index < -0.39 is 5.97 Å². The first-order valence-electron chi connectivity index (χ1n) is 6.14. The summed E-state index contributed by atoms with van der Waals surface area (Å²) in [6.07, 6.45) is 2.35. The van der Waals surface area contributed by atoms with E-state index in [1.807, 2.05) is 0 Å². The fraction of sp³-hybridized carbons (Fsp3) is 0.667. The standard InChI is InChI=1S/C12H19N3O2S/c1-7-4-5-8(2)15(6-7)11-9(12(16)17-3)10(13)14-18-11/h7-8H,4-6H2,1-3H3,(H2,13,14). The number of esters is 1. The van der Waals surface area contributed by atoms with Crippen molar-refractivity contribution in [3.05, 3.63) is 5.56 Å². The molecule has 18 heavy (non-hydrogen) atoms. The van der Waals surface area contributed by atoms with Crippen molar-refractivity contribution < 1.29 is 9.53 Å². The Hall–Kier alpha value is -1.30. The molecule has 2 N–H and O–H groups in total. The summed E-state index contributed by atoms with van der Waals surface area (Å²) >= 11 is 1.28. The number of nitrogens with zero attached hydrogens (tertiary/aromatic N) is 2. The van der Waals surface area contributed by atoms with Gasteiger partial charge in [0, 0.05) is 12.6 Å². The number of carbonyl (C=O) groups excluding carboxylic acids is 1. The zero-order valence-electron chi connectivity index (χ0n) is 11.0. The van der Waals surface area contributed by atoms with E-state index in [4.69, 9.17) is 10.5 Å². The Morgan fingerprint density at radius 2 is 2.22 bits per heavy atom. The molecular weight excluding hydrogens is 250 g/mol. The molecule has 5 nitrogen and oxygen atoms in total. The number of aromatic nitrogens is 1. The summed E-state index contributed by atoms with van der Waals surface area (Å²) in [5.41, 5.74) is 6.20. The van der Waals surface area contributed by atoms with Gasteiger partial charge in [0.05, 0.1) is 7.11 Å². The van der Waals surface area contributed by atoms with Crippen molar-refractivity contribution in [2.45, 2.75) is 32.7 Å². The van der Waals surface area contributed by atoms with E-state index >= 15 is 0 Å². The number of nitrogen functional groups attached to an aromatic ring is 1. The minimum absolute atomic E-state index is 0.271. The summed E-state index contributed by atoms with van der Waals surface area (Å²) in [6, 6.07) is 0.407. The molecule has 0 saturated carbocycles. The molecule has 1 saturated heterocycles. The highest BCUT2D eigenvalue weighted by Crippen LogP contribution is 2.36. The number of anilines is 2. The highest BCUT2D eigenvalue weighted by Gasteiger charge is 2.30. The van der Waals surface area contributed by atoms with Gasteiger partial charge in [0.15, 0.2) is 5.82 Å². The number of methoxy groups -OCH3 is 1. The summed E-state index contributed by atoms with van der Waals surface area (Å²) in [6.45, 7) is 5.33. The minimum atomic E-state index is -0.401. The highest BCUT2D eigenvalue weighted by atomic mass is 32.1. The van der Waals surface area contributed by atoms with Crippen LogP contribution < -0.4 is 10.6 Å². The first kappa shape index (κ1) is 13.1. The SMILES string of the molecule is COC(=O)c1c(N)nsc1N1CC(C)CCC1C. The Morgan fingerprint density at radius 1 is 1.50 bits per heavy atom. The average molecular weight is 269 g/mol. The van der Waals surface area contributed by atoms with Crippen LogP contribution in [0.5, 0.6) is 0 Å². The summed E-state index contributed by atoms with van der Waals surface area (Å²) in [7, 11) is 1.37. The van der Waals surface area contributed by atoms with Gasteiger partial charge >= 0.3 is 5.97 Å². The van der Waals surface area contributed by atoms with E-state index in [1.165, 1.54) is 25.1 Å². The van der Waals surface area contributed by atoms with Gasteiger partial charge in [-0.25, -0.2) is 4.79 Å². The van der Waals surface area contributed by atoms with Crippen LogP contribution in [0, 0.1) is 5.92 Å². The molecule has 0 aromatic carbocycles. The predicted octanol–water partition coefficient (Wildman–Crippen LogP) is 2.14. The fourth-order valence-corrected chi connectivity index (χ4v) is 3.27. The quantitative estimate of drug-likeness (QED) is 0.833. The molecule has 1 aliphatic heterocycles. The lowest BCUT2D eigenvalue weighted by Gasteiger charge is -2.37. The molecule has 6 heteroatoms. The van der Waals surface area contributed by atoms with Crippen molar-refractivity contribution in [2.75, 3.05) is 24.3 Å². The molecule has 0 radical (unpaired) electrons. The Morgan fingerprint density at radius 3 is 2.89 bits per heavy atom. The number of hydrogen-bond acceptors (Lipinski definition) is 6. The molecule has 0 bridgehead atoms. The molecule has 0 spiro atoms. The van der Waals surface area contributed by atoms with E-state index in [-0.39, 0.29) is 5.82 Å². The van der Waals surface area contributed by atoms with Gasteiger partial charge in [-0.15, -0.1) is 0 Å². The maximum absolute atomic E-state index is 11.8. The Kier molecular flexibility index (Phi) is 3.75. The number of piperidine rings is 1. The Labute approximate surface area is 111 Å². The molecule has 2 unspecified atom stereocenters. The lowest BCUT2D eigenvalue weighted by molar-refractivity contribution is 0.0602. The minimum Gasteiger partial charge on any atom is -0.465 e. The van der Waals surface area contributed by atoms with Gasteiger partial charge in [-0.3, -0.25) is 0 Å². The molecule has 1 fully saturated rings. The van der Waals surface area contributed by atoms with Crippen molar-refractivity contribution >= 4 is 28.3 Å². The molecule has 1 aliphatic rings. The van der Waals surface area contributed by atoms with Crippen LogP contribution in [-0.4, -0.2) is 30.0 Å². The van der Waals surface area contributed by atoms with Crippen molar-refractivity contribution in [1.82, 2.24) is 4.37 Å². The van der Waals surface area contributed by atoms with Crippen LogP contribution in [0.25, 0.3) is 0 Å². The third kappa shape index (κ3) is 2.29. The van der Waals surface area contributed by atoms with Crippen molar-refractivity contribution in [3.63, 3.8) is 0 Å². The second-order valence-electron chi connectivity index (χ2n) is 4.92. The van der Waals surface area contributed by atoms with Crippen LogP contribution in [-0.2, 0) is 4.74 Å². The highest BCUT2D eigenvalue weighted by molar-refractivity contribution is 7.11. The van der Waals surface area contributed by atoms with Gasteiger partial charge in [-0.2, -0.15) is 4.37 Å². The second kappa shape index (κ2) is 5.14. The number of carbonyl (C=O) groups is 1. The number of hydrogen-bond donors (Lipinski definition) is 1. The van der Waals surface area contributed by atoms with E-state index in [0.717, 1.165) is 18.0 Å². The fourth-order valence-electron chi connectivity index (χ4n) is 2.35.